The number of rotatable bonds is 8. The summed E-state index contributed by atoms with van der Waals surface area (Å²) < 4.78 is 8.65. The molecule has 3 N–H and O–H groups in total. The highest BCUT2D eigenvalue weighted by Crippen LogP contribution is 2.40. The lowest BCUT2D eigenvalue weighted by Crippen LogP contribution is -2.40. The third-order valence-electron chi connectivity index (χ3n) is 3.75. The van der Waals surface area contributed by atoms with Gasteiger partial charge in [0.25, 0.3) is 0 Å². The first-order valence-electron chi connectivity index (χ1n) is 6.93. The Morgan fingerprint density at radius 2 is 2.30 bits per heavy atom. The Hall–Kier alpha value is -0.470. The van der Waals surface area contributed by atoms with Crippen LogP contribution in [0.2, 0.25) is 0 Å². The van der Waals surface area contributed by atoms with Gasteiger partial charge < -0.3 is 9.64 Å². The van der Waals surface area contributed by atoms with E-state index in [9.17, 15) is 0 Å². The lowest BCUT2D eigenvalue weighted by atomic mass is 10.0. The number of nitrogens with one attached hydrogen (secondary N) is 1. The number of ether oxygens (including phenoxy) is 1. The SMILES string of the molecule is COC(C1CC1)C(NN)c1c(Br)cnn1CCN(C)C. The van der Waals surface area contributed by atoms with Crippen molar-refractivity contribution in [3.63, 3.8) is 0 Å². The predicted molar refractivity (Wildman–Crippen MR) is 82.1 cm³/mol. The largest absolute Gasteiger partial charge is 0.379 e. The maximum absolute atomic E-state index is 5.80. The van der Waals surface area contributed by atoms with Crippen LogP contribution in [0.25, 0.3) is 0 Å². The molecule has 1 aliphatic rings. The number of likely N-dealkylation sites (N-methyl/N-ethyl adjacent to an activating group) is 1. The third-order valence-corrected chi connectivity index (χ3v) is 4.36. The lowest BCUT2D eigenvalue weighted by molar-refractivity contribution is 0.0476. The summed E-state index contributed by atoms with van der Waals surface area (Å²) in [6.07, 6.45) is 4.33. The van der Waals surface area contributed by atoms with Gasteiger partial charge in [0, 0.05) is 13.7 Å². The van der Waals surface area contributed by atoms with Crippen LogP contribution < -0.4 is 11.3 Å². The van der Waals surface area contributed by atoms with Crippen molar-refractivity contribution in [2.45, 2.75) is 31.5 Å². The summed E-state index contributed by atoms with van der Waals surface area (Å²) in [5, 5.41) is 4.44. The summed E-state index contributed by atoms with van der Waals surface area (Å²) in [5.74, 6) is 6.39. The van der Waals surface area contributed by atoms with Crippen LogP contribution in [0.5, 0.6) is 0 Å². The van der Waals surface area contributed by atoms with Gasteiger partial charge in [-0.3, -0.25) is 10.5 Å². The summed E-state index contributed by atoms with van der Waals surface area (Å²) in [5.41, 5.74) is 3.98. The predicted octanol–water partition coefficient (Wildman–Crippen LogP) is 1.14. The number of hydrogen-bond donors (Lipinski definition) is 2. The van der Waals surface area contributed by atoms with Crippen LogP contribution in [0.4, 0.5) is 0 Å². The summed E-state index contributed by atoms with van der Waals surface area (Å²) in [6, 6.07) is -0.0495. The molecular weight excluding hydrogens is 322 g/mol. The zero-order valence-corrected chi connectivity index (χ0v) is 13.9. The number of methoxy groups -OCH3 is 1. The molecule has 1 fully saturated rings. The van der Waals surface area contributed by atoms with E-state index in [0.717, 1.165) is 23.3 Å². The van der Waals surface area contributed by atoms with Crippen LogP contribution in [0.3, 0.4) is 0 Å². The van der Waals surface area contributed by atoms with E-state index >= 15 is 0 Å². The minimum atomic E-state index is -0.0495. The molecule has 0 spiro atoms. The second-order valence-corrected chi connectivity index (χ2v) is 6.44. The standard InChI is InChI=1S/C13H24BrN5O/c1-18(2)6-7-19-12(10(14)8-16-19)11(17-15)13(20-3)9-4-5-9/h8-9,11,13,17H,4-7,15H2,1-3H3. The van der Waals surface area contributed by atoms with Gasteiger partial charge in [-0.1, -0.05) is 0 Å². The molecule has 2 rings (SSSR count). The van der Waals surface area contributed by atoms with Crippen LogP contribution in [-0.4, -0.2) is 48.5 Å². The second kappa shape index (κ2) is 7.00. The van der Waals surface area contributed by atoms with Gasteiger partial charge in [0.15, 0.2) is 0 Å². The van der Waals surface area contributed by atoms with Gasteiger partial charge in [0.1, 0.15) is 0 Å². The molecule has 1 aromatic heterocycles. The highest BCUT2D eigenvalue weighted by atomic mass is 79.9. The van der Waals surface area contributed by atoms with Gasteiger partial charge in [-0.2, -0.15) is 5.10 Å². The Bertz CT molecular complexity index is 432. The molecule has 7 heteroatoms. The maximum Gasteiger partial charge on any atom is 0.0904 e. The molecule has 114 valence electrons. The van der Waals surface area contributed by atoms with Crippen LogP contribution in [0.15, 0.2) is 10.7 Å². The smallest absolute Gasteiger partial charge is 0.0904 e. The number of nitrogens with zero attached hydrogens (tertiary/aromatic N) is 3. The van der Waals surface area contributed by atoms with Crippen molar-refractivity contribution >= 4 is 15.9 Å². The van der Waals surface area contributed by atoms with Crippen LogP contribution >= 0.6 is 15.9 Å². The van der Waals surface area contributed by atoms with E-state index in [1.165, 1.54) is 12.8 Å². The van der Waals surface area contributed by atoms with E-state index < -0.39 is 0 Å². The minimum Gasteiger partial charge on any atom is -0.379 e. The Morgan fingerprint density at radius 1 is 1.60 bits per heavy atom. The molecule has 0 aromatic carbocycles. The van der Waals surface area contributed by atoms with E-state index in [4.69, 9.17) is 10.6 Å². The Labute approximate surface area is 128 Å². The fraction of sp³-hybridized carbons (Fsp3) is 0.769. The molecule has 1 saturated carbocycles. The number of hydrogen-bond acceptors (Lipinski definition) is 5. The van der Waals surface area contributed by atoms with Gasteiger partial charge in [-0.25, -0.2) is 5.43 Å². The first-order chi connectivity index (χ1) is 9.58. The van der Waals surface area contributed by atoms with Crippen LogP contribution in [0.1, 0.15) is 24.6 Å². The van der Waals surface area contributed by atoms with Crippen molar-refractivity contribution in [3.8, 4) is 0 Å². The summed E-state index contributed by atoms with van der Waals surface area (Å²) in [6.45, 7) is 1.76. The quantitative estimate of drug-likeness (QED) is 0.546. The molecule has 0 amide bonds. The highest BCUT2D eigenvalue weighted by molar-refractivity contribution is 9.10. The summed E-state index contributed by atoms with van der Waals surface area (Å²) in [4.78, 5) is 2.14. The first-order valence-corrected chi connectivity index (χ1v) is 7.72. The van der Waals surface area contributed by atoms with Crippen molar-refractivity contribution in [2.75, 3.05) is 27.7 Å². The average Bonchev–Trinajstić information content (AvgIpc) is 3.18. The van der Waals surface area contributed by atoms with Crippen LogP contribution in [-0.2, 0) is 11.3 Å². The fourth-order valence-electron chi connectivity index (χ4n) is 2.51. The van der Waals surface area contributed by atoms with E-state index in [1.54, 1.807) is 7.11 Å². The van der Waals surface area contributed by atoms with Crippen molar-refractivity contribution in [1.29, 1.82) is 0 Å². The Balaban J connectivity index is 2.21. The molecule has 2 unspecified atom stereocenters. The van der Waals surface area contributed by atoms with Crippen molar-refractivity contribution in [2.24, 2.45) is 11.8 Å². The van der Waals surface area contributed by atoms with Gasteiger partial charge >= 0.3 is 0 Å². The second-order valence-electron chi connectivity index (χ2n) is 5.59. The molecule has 0 radical (unpaired) electrons. The van der Waals surface area contributed by atoms with Gasteiger partial charge in [-0.15, -0.1) is 0 Å². The molecule has 20 heavy (non-hydrogen) atoms. The normalized spacial score (nSPS) is 18.5. The van der Waals surface area contributed by atoms with E-state index in [1.807, 2.05) is 10.9 Å². The fourth-order valence-corrected chi connectivity index (χ4v) is 3.05. The van der Waals surface area contributed by atoms with Crippen molar-refractivity contribution in [1.82, 2.24) is 20.1 Å². The Morgan fingerprint density at radius 3 is 2.80 bits per heavy atom. The molecule has 0 aliphatic heterocycles. The zero-order valence-electron chi connectivity index (χ0n) is 12.3. The number of hydrazine groups is 1. The third kappa shape index (κ3) is 3.59. The van der Waals surface area contributed by atoms with Gasteiger partial charge in [-0.05, 0) is 48.8 Å². The summed E-state index contributed by atoms with van der Waals surface area (Å²) in [7, 11) is 5.86. The highest BCUT2D eigenvalue weighted by Gasteiger charge is 2.39. The molecule has 1 heterocycles. The zero-order chi connectivity index (χ0) is 14.7. The number of aromatic nitrogens is 2. The maximum atomic E-state index is 5.80. The van der Waals surface area contributed by atoms with Crippen LogP contribution in [0, 0.1) is 5.92 Å². The monoisotopic (exact) mass is 345 g/mol. The topological polar surface area (TPSA) is 68.3 Å². The minimum absolute atomic E-state index is 0.0495. The molecule has 6 nitrogen and oxygen atoms in total. The van der Waals surface area contributed by atoms with Gasteiger partial charge in [0.05, 0.1) is 35.1 Å². The number of nitrogens with two attached hydrogens (primary N) is 1. The van der Waals surface area contributed by atoms with Gasteiger partial charge in [0.2, 0.25) is 0 Å². The summed E-state index contributed by atoms with van der Waals surface area (Å²) >= 11 is 3.58. The van der Waals surface area contributed by atoms with Crippen molar-refractivity contribution < 1.29 is 4.74 Å². The molecule has 0 bridgehead atoms. The van der Waals surface area contributed by atoms with E-state index in [-0.39, 0.29) is 12.1 Å². The molecule has 2 atom stereocenters. The van der Waals surface area contributed by atoms with Crippen molar-refractivity contribution in [3.05, 3.63) is 16.4 Å². The van der Waals surface area contributed by atoms with E-state index in [0.29, 0.717) is 5.92 Å². The average molecular weight is 346 g/mol. The molecule has 1 aromatic rings. The first kappa shape index (κ1) is 15.9. The molecule has 1 aliphatic carbocycles. The molecular formula is C13H24BrN5O. The number of halogens is 1. The Kier molecular flexibility index (Phi) is 5.57. The van der Waals surface area contributed by atoms with E-state index in [2.05, 4.69) is 45.4 Å². The molecule has 0 saturated heterocycles. The lowest BCUT2D eigenvalue weighted by Gasteiger charge is -2.27.